The van der Waals surface area contributed by atoms with Gasteiger partial charge in [-0.3, -0.25) is 4.79 Å². The van der Waals surface area contributed by atoms with Crippen LogP contribution in [0.25, 0.3) is 5.69 Å². The van der Waals surface area contributed by atoms with E-state index in [0.29, 0.717) is 11.7 Å². The summed E-state index contributed by atoms with van der Waals surface area (Å²) < 4.78 is 6.66. The van der Waals surface area contributed by atoms with E-state index in [-0.39, 0.29) is 29.6 Å². The van der Waals surface area contributed by atoms with Gasteiger partial charge in [0.1, 0.15) is 11.4 Å². The van der Waals surface area contributed by atoms with Crippen molar-refractivity contribution in [1.82, 2.24) is 24.6 Å². The first-order chi connectivity index (χ1) is 14.5. The number of amides is 1. The fraction of sp³-hybridized carbons (Fsp3) is 0.250. The van der Waals surface area contributed by atoms with Crippen molar-refractivity contribution in [2.45, 2.75) is 18.6 Å². The van der Waals surface area contributed by atoms with Crippen molar-refractivity contribution < 1.29 is 14.3 Å². The number of aromatic nitrogens is 4. The van der Waals surface area contributed by atoms with Gasteiger partial charge in [-0.25, -0.2) is 19.4 Å². The maximum Gasteiger partial charge on any atom is 0.343 e. The van der Waals surface area contributed by atoms with Gasteiger partial charge in [-0.2, -0.15) is 5.10 Å². The van der Waals surface area contributed by atoms with Crippen LogP contribution in [0.15, 0.2) is 54.1 Å². The summed E-state index contributed by atoms with van der Waals surface area (Å²) in [6, 6.07) is 9.75. The van der Waals surface area contributed by atoms with Crippen LogP contribution in [0.3, 0.4) is 0 Å². The third kappa shape index (κ3) is 5.35. The first-order valence-electron chi connectivity index (χ1n) is 9.23. The Labute approximate surface area is 178 Å². The molecule has 2 N–H and O–H groups in total. The van der Waals surface area contributed by atoms with Gasteiger partial charge in [-0.1, -0.05) is 30.0 Å². The van der Waals surface area contributed by atoms with Crippen LogP contribution in [0.1, 0.15) is 22.8 Å². The van der Waals surface area contributed by atoms with Gasteiger partial charge in [0.05, 0.1) is 24.2 Å². The van der Waals surface area contributed by atoms with E-state index < -0.39 is 5.97 Å². The Kier molecular flexibility index (Phi) is 7.02. The Morgan fingerprint density at radius 2 is 2.00 bits per heavy atom. The standard InChI is InChI=1S/C20H22N6O3S/c1-3-29-19(28)16-10-22-20(24-18(16)21)30-13-17(27)25(2)11-14-9-23-26(12-14)15-7-5-4-6-8-15/h4-10,12H,3,11,13H2,1-2H3,(H2,21,22,24). The molecule has 0 aliphatic heterocycles. The van der Waals surface area contributed by atoms with Gasteiger partial charge in [0.2, 0.25) is 5.91 Å². The number of anilines is 1. The fourth-order valence-electron chi connectivity index (χ4n) is 2.58. The van der Waals surface area contributed by atoms with E-state index in [1.165, 1.54) is 6.20 Å². The lowest BCUT2D eigenvalue weighted by Crippen LogP contribution is -2.27. The molecule has 3 aromatic rings. The highest BCUT2D eigenvalue weighted by molar-refractivity contribution is 7.99. The summed E-state index contributed by atoms with van der Waals surface area (Å²) in [6.45, 7) is 2.37. The summed E-state index contributed by atoms with van der Waals surface area (Å²) in [5.41, 5.74) is 7.78. The van der Waals surface area contributed by atoms with Gasteiger partial charge in [0.25, 0.3) is 0 Å². The molecule has 9 nitrogen and oxygen atoms in total. The maximum absolute atomic E-state index is 12.5. The molecule has 0 spiro atoms. The quantitative estimate of drug-likeness (QED) is 0.331. The zero-order valence-corrected chi connectivity index (χ0v) is 17.5. The molecule has 2 aromatic heterocycles. The molecule has 0 saturated carbocycles. The molecule has 0 fully saturated rings. The Morgan fingerprint density at radius 1 is 1.23 bits per heavy atom. The van der Waals surface area contributed by atoms with Gasteiger partial charge in [-0.15, -0.1) is 0 Å². The summed E-state index contributed by atoms with van der Waals surface area (Å²) in [5, 5.41) is 4.66. The number of rotatable bonds is 8. The van der Waals surface area contributed by atoms with E-state index in [1.807, 2.05) is 36.5 Å². The molecule has 0 saturated heterocycles. The Morgan fingerprint density at radius 3 is 2.70 bits per heavy atom. The van der Waals surface area contributed by atoms with Gasteiger partial charge in [-0.05, 0) is 19.1 Å². The van der Waals surface area contributed by atoms with E-state index in [9.17, 15) is 9.59 Å². The first-order valence-corrected chi connectivity index (χ1v) is 10.2. The highest BCUT2D eigenvalue weighted by atomic mass is 32.2. The molecule has 2 heterocycles. The minimum Gasteiger partial charge on any atom is -0.462 e. The summed E-state index contributed by atoms with van der Waals surface area (Å²) in [4.78, 5) is 34.0. The number of nitrogens with zero attached hydrogens (tertiary/aromatic N) is 5. The molecule has 156 valence electrons. The number of esters is 1. The topological polar surface area (TPSA) is 116 Å². The second kappa shape index (κ2) is 9.88. The minimum atomic E-state index is -0.571. The molecule has 1 aromatic carbocycles. The van der Waals surface area contributed by atoms with Gasteiger partial charge < -0.3 is 15.4 Å². The van der Waals surface area contributed by atoms with Crippen molar-refractivity contribution in [3.05, 3.63) is 60.0 Å². The average Bonchev–Trinajstić information content (AvgIpc) is 3.21. The van der Waals surface area contributed by atoms with Crippen LogP contribution in [-0.4, -0.2) is 55.9 Å². The van der Waals surface area contributed by atoms with Crippen LogP contribution in [-0.2, 0) is 16.1 Å². The van der Waals surface area contributed by atoms with E-state index in [1.54, 1.807) is 29.7 Å². The molecule has 3 rings (SSSR count). The number of hydrogen-bond acceptors (Lipinski definition) is 8. The van der Waals surface area contributed by atoms with Crippen LogP contribution < -0.4 is 5.73 Å². The lowest BCUT2D eigenvalue weighted by molar-refractivity contribution is -0.127. The molecule has 0 atom stereocenters. The van der Waals surface area contributed by atoms with E-state index in [0.717, 1.165) is 23.0 Å². The van der Waals surface area contributed by atoms with Crippen LogP contribution in [0.2, 0.25) is 0 Å². The normalized spacial score (nSPS) is 10.6. The zero-order chi connectivity index (χ0) is 21.5. The monoisotopic (exact) mass is 426 g/mol. The molecule has 10 heteroatoms. The van der Waals surface area contributed by atoms with Gasteiger partial charge in [0, 0.05) is 31.5 Å². The molecule has 0 aliphatic rings. The highest BCUT2D eigenvalue weighted by Gasteiger charge is 2.16. The Bertz CT molecular complexity index is 1020. The lowest BCUT2D eigenvalue weighted by Gasteiger charge is -2.15. The van der Waals surface area contributed by atoms with Crippen LogP contribution in [0.5, 0.6) is 0 Å². The van der Waals surface area contributed by atoms with Crippen molar-refractivity contribution in [1.29, 1.82) is 0 Å². The highest BCUT2D eigenvalue weighted by Crippen LogP contribution is 2.18. The fourth-order valence-corrected chi connectivity index (χ4v) is 3.34. The van der Waals surface area contributed by atoms with E-state index in [4.69, 9.17) is 10.5 Å². The third-order valence-corrected chi connectivity index (χ3v) is 4.96. The summed E-state index contributed by atoms with van der Waals surface area (Å²) in [7, 11) is 1.72. The largest absolute Gasteiger partial charge is 0.462 e. The number of carbonyl (C=O) groups excluding carboxylic acids is 2. The maximum atomic E-state index is 12.5. The lowest BCUT2D eigenvalue weighted by atomic mass is 10.3. The SMILES string of the molecule is CCOC(=O)c1cnc(SCC(=O)N(C)Cc2cnn(-c3ccccc3)c2)nc1N. The predicted octanol–water partition coefficient (Wildman–Crippen LogP) is 2.17. The van der Waals surface area contributed by atoms with Crippen LogP contribution in [0, 0.1) is 0 Å². The number of para-hydroxylation sites is 1. The van der Waals surface area contributed by atoms with Crippen molar-refractivity contribution in [2.24, 2.45) is 0 Å². The smallest absolute Gasteiger partial charge is 0.343 e. The molecular formula is C20H22N6O3S. The molecule has 0 aliphatic carbocycles. The minimum absolute atomic E-state index is 0.0279. The predicted molar refractivity (Wildman–Crippen MR) is 113 cm³/mol. The summed E-state index contributed by atoms with van der Waals surface area (Å²) >= 11 is 1.15. The van der Waals surface area contributed by atoms with Crippen molar-refractivity contribution >= 4 is 29.5 Å². The molecule has 0 radical (unpaired) electrons. The molecule has 30 heavy (non-hydrogen) atoms. The number of thioether (sulfide) groups is 1. The second-order valence-electron chi connectivity index (χ2n) is 6.34. The summed E-state index contributed by atoms with van der Waals surface area (Å²) in [5.74, 6) is -0.496. The average molecular weight is 427 g/mol. The second-order valence-corrected chi connectivity index (χ2v) is 7.28. The third-order valence-electron chi connectivity index (χ3n) is 4.12. The Hall–Kier alpha value is -3.40. The number of ether oxygens (including phenoxy) is 1. The number of benzene rings is 1. The number of hydrogen-bond donors (Lipinski definition) is 1. The van der Waals surface area contributed by atoms with Crippen molar-refractivity contribution in [3.63, 3.8) is 0 Å². The molecule has 1 amide bonds. The molecule has 0 bridgehead atoms. The number of nitrogen functional groups attached to an aromatic ring is 1. The van der Waals surface area contributed by atoms with Gasteiger partial charge >= 0.3 is 5.97 Å². The van der Waals surface area contributed by atoms with E-state index >= 15 is 0 Å². The summed E-state index contributed by atoms with van der Waals surface area (Å²) in [6.07, 6.45) is 4.95. The number of carbonyl (C=O) groups is 2. The molecule has 0 unspecified atom stereocenters. The molecular weight excluding hydrogens is 404 g/mol. The van der Waals surface area contributed by atoms with Gasteiger partial charge in [0.15, 0.2) is 5.16 Å². The van der Waals surface area contributed by atoms with E-state index in [2.05, 4.69) is 15.1 Å². The zero-order valence-electron chi connectivity index (χ0n) is 16.7. The van der Waals surface area contributed by atoms with Crippen LogP contribution in [0.4, 0.5) is 5.82 Å². The van der Waals surface area contributed by atoms with Crippen LogP contribution >= 0.6 is 11.8 Å². The first kappa shape index (κ1) is 21.3. The Balaban J connectivity index is 1.54. The van der Waals surface area contributed by atoms with Crippen molar-refractivity contribution in [2.75, 3.05) is 25.1 Å². The number of nitrogens with two attached hydrogens (primary N) is 1. The van der Waals surface area contributed by atoms with Crippen molar-refractivity contribution in [3.8, 4) is 5.69 Å².